The largest absolute Gasteiger partial charge is 0.295 e. The smallest absolute Gasteiger partial charge is 0.0705 e. The second-order valence-electron chi connectivity index (χ2n) is 6.77. The number of piperazine rings is 1. The van der Waals surface area contributed by atoms with Crippen LogP contribution in [0, 0.1) is 0 Å². The Balaban J connectivity index is 1.36. The van der Waals surface area contributed by atoms with E-state index >= 15 is 0 Å². The number of pyridine rings is 2. The van der Waals surface area contributed by atoms with Gasteiger partial charge in [-0.15, -0.1) is 0 Å². The molecule has 1 aliphatic rings. The van der Waals surface area contributed by atoms with Crippen LogP contribution in [-0.2, 0) is 6.54 Å². The summed E-state index contributed by atoms with van der Waals surface area (Å²) in [6, 6.07) is 17.3. The van der Waals surface area contributed by atoms with Gasteiger partial charge in [-0.2, -0.15) is 0 Å². The Labute approximate surface area is 149 Å². The molecule has 4 nitrogen and oxygen atoms in total. The predicted octanol–water partition coefficient (Wildman–Crippen LogP) is 3.51. The maximum absolute atomic E-state index is 4.81. The number of hydrogen-bond donors (Lipinski definition) is 0. The van der Waals surface area contributed by atoms with Crippen LogP contribution in [0.25, 0.3) is 10.9 Å². The Morgan fingerprint density at radius 2 is 1.80 bits per heavy atom. The molecule has 0 amide bonds. The Morgan fingerprint density at radius 1 is 0.960 bits per heavy atom. The molecule has 4 heteroatoms. The highest BCUT2D eigenvalue weighted by Crippen LogP contribution is 2.21. The van der Waals surface area contributed by atoms with Crippen molar-refractivity contribution in [1.29, 1.82) is 0 Å². The first-order valence-electron chi connectivity index (χ1n) is 9.00. The third-order valence-electron chi connectivity index (χ3n) is 5.16. The second-order valence-corrected chi connectivity index (χ2v) is 6.77. The molecule has 3 aromatic rings. The van der Waals surface area contributed by atoms with Crippen molar-refractivity contribution in [2.45, 2.75) is 19.5 Å². The van der Waals surface area contributed by atoms with Gasteiger partial charge < -0.3 is 0 Å². The lowest BCUT2D eigenvalue weighted by molar-refractivity contribution is 0.0970. The normalized spacial score (nSPS) is 17.6. The van der Waals surface area contributed by atoms with Gasteiger partial charge in [-0.1, -0.05) is 30.3 Å². The third kappa shape index (κ3) is 3.70. The quantitative estimate of drug-likeness (QED) is 0.732. The summed E-state index contributed by atoms with van der Waals surface area (Å²) >= 11 is 0. The third-order valence-corrected chi connectivity index (χ3v) is 5.16. The van der Waals surface area contributed by atoms with Crippen molar-refractivity contribution in [2.75, 3.05) is 26.2 Å². The predicted molar refractivity (Wildman–Crippen MR) is 101 cm³/mol. The molecule has 1 fully saturated rings. The molecule has 1 atom stereocenters. The Bertz CT molecular complexity index is 825. The van der Waals surface area contributed by atoms with Crippen molar-refractivity contribution < 1.29 is 0 Å². The summed E-state index contributed by atoms with van der Waals surface area (Å²) in [5, 5.41) is 1.21. The lowest BCUT2D eigenvalue weighted by Gasteiger charge is -2.38. The van der Waals surface area contributed by atoms with Gasteiger partial charge >= 0.3 is 0 Å². The molecule has 4 rings (SSSR count). The van der Waals surface area contributed by atoms with Crippen LogP contribution in [0.5, 0.6) is 0 Å². The van der Waals surface area contributed by atoms with E-state index in [1.165, 1.54) is 10.9 Å². The molecular formula is C21H24N4. The summed E-state index contributed by atoms with van der Waals surface area (Å²) in [5.74, 6) is 0. The fourth-order valence-electron chi connectivity index (χ4n) is 3.57. The molecular weight excluding hydrogens is 308 g/mol. The highest BCUT2D eigenvalue weighted by molar-refractivity contribution is 5.78. The Kier molecular flexibility index (Phi) is 4.72. The van der Waals surface area contributed by atoms with E-state index in [2.05, 4.69) is 64.2 Å². The van der Waals surface area contributed by atoms with Crippen molar-refractivity contribution in [3.05, 3.63) is 72.2 Å². The molecule has 1 unspecified atom stereocenters. The number of nitrogens with zero attached hydrogens (tertiary/aromatic N) is 4. The molecule has 2 aromatic heterocycles. The van der Waals surface area contributed by atoms with E-state index in [1.807, 2.05) is 18.5 Å². The average Bonchev–Trinajstić information content (AvgIpc) is 2.69. The molecule has 1 aromatic carbocycles. The summed E-state index contributed by atoms with van der Waals surface area (Å²) in [7, 11) is 0. The van der Waals surface area contributed by atoms with Crippen molar-refractivity contribution in [1.82, 2.24) is 19.8 Å². The van der Waals surface area contributed by atoms with Gasteiger partial charge in [-0.25, -0.2) is 0 Å². The zero-order valence-electron chi connectivity index (χ0n) is 14.7. The Morgan fingerprint density at radius 3 is 2.60 bits per heavy atom. The number of benzene rings is 1. The molecule has 0 spiro atoms. The topological polar surface area (TPSA) is 32.3 Å². The first kappa shape index (κ1) is 16.2. The van der Waals surface area contributed by atoms with Crippen LogP contribution in [-0.4, -0.2) is 45.9 Å². The lowest BCUT2D eigenvalue weighted by atomic mass is 10.1. The van der Waals surface area contributed by atoms with E-state index in [4.69, 9.17) is 4.98 Å². The highest BCUT2D eigenvalue weighted by Gasteiger charge is 2.22. The minimum atomic E-state index is 0.426. The van der Waals surface area contributed by atoms with Crippen molar-refractivity contribution in [2.24, 2.45) is 0 Å². The van der Waals surface area contributed by atoms with Crippen LogP contribution in [0.4, 0.5) is 0 Å². The molecule has 25 heavy (non-hydrogen) atoms. The minimum Gasteiger partial charge on any atom is -0.295 e. The van der Waals surface area contributed by atoms with Crippen LogP contribution in [0.3, 0.4) is 0 Å². The Hall–Kier alpha value is -2.30. The first-order chi connectivity index (χ1) is 12.3. The zero-order valence-corrected chi connectivity index (χ0v) is 14.7. The fourth-order valence-corrected chi connectivity index (χ4v) is 3.57. The second kappa shape index (κ2) is 7.30. The van der Waals surface area contributed by atoms with Gasteiger partial charge in [0.1, 0.15) is 0 Å². The summed E-state index contributed by atoms with van der Waals surface area (Å²) < 4.78 is 0. The summed E-state index contributed by atoms with van der Waals surface area (Å²) in [6.45, 7) is 7.54. The van der Waals surface area contributed by atoms with Gasteiger partial charge in [0, 0.05) is 56.5 Å². The SMILES string of the molecule is CC(c1cccnc1)N1CCN(Cc2ccc3ccccc3n2)CC1. The molecule has 3 heterocycles. The van der Waals surface area contributed by atoms with Crippen LogP contribution < -0.4 is 0 Å². The summed E-state index contributed by atoms with van der Waals surface area (Å²) in [4.78, 5) is 14.1. The lowest BCUT2D eigenvalue weighted by Crippen LogP contribution is -2.46. The van der Waals surface area contributed by atoms with Crippen LogP contribution in [0.1, 0.15) is 24.2 Å². The standard InChI is InChI=1S/C21H24N4/c1-17(19-6-4-10-22-15-19)25-13-11-24(12-14-25)16-20-9-8-18-5-2-3-7-21(18)23-20/h2-10,15,17H,11-14,16H2,1H3. The maximum Gasteiger partial charge on any atom is 0.0705 e. The van der Waals surface area contributed by atoms with Gasteiger partial charge in [0.2, 0.25) is 0 Å². The monoisotopic (exact) mass is 332 g/mol. The van der Waals surface area contributed by atoms with E-state index < -0.39 is 0 Å². The molecule has 128 valence electrons. The maximum atomic E-state index is 4.81. The number of para-hydroxylation sites is 1. The van der Waals surface area contributed by atoms with Gasteiger partial charge in [0.15, 0.2) is 0 Å². The molecule has 0 N–H and O–H groups in total. The highest BCUT2D eigenvalue weighted by atomic mass is 15.3. The van der Waals surface area contributed by atoms with Crippen molar-refractivity contribution in [3.8, 4) is 0 Å². The van der Waals surface area contributed by atoms with Gasteiger partial charge in [0.05, 0.1) is 11.2 Å². The molecule has 0 aliphatic carbocycles. The molecule has 1 saturated heterocycles. The fraction of sp³-hybridized carbons (Fsp3) is 0.333. The summed E-state index contributed by atoms with van der Waals surface area (Å²) in [6.07, 6.45) is 3.82. The van der Waals surface area contributed by atoms with E-state index in [9.17, 15) is 0 Å². The molecule has 0 bridgehead atoms. The van der Waals surface area contributed by atoms with E-state index in [1.54, 1.807) is 0 Å². The minimum absolute atomic E-state index is 0.426. The average molecular weight is 332 g/mol. The zero-order chi connectivity index (χ0) is 17.1. The van der Waals surface area contributed by atoms with Gasteiger partial charge in [-0.05, 0) is 30.7 Å². The van der Waals surface area contributed by atoms with E-state index in [0.29, 0.717) is 6.04 Å². The molecule has 1 aliphatic heterocycles. The van der Waals surface area contributed by atoms with Crippen molar-refractivity contribution in [3.63, 3.8) is 0 Å². The number of rotatable bonds is 4. The van der Waals surface area contributed by atoms with Crippen LogP contribution in [0.2, 0.25) is 0 Å². The van der Waals surface area contributed by atoms with E-state index in [-0.39, 0.29) is 0 Å². The molecule has 0 saturated carbocycles. The number of aromatic nitrogens is 2. The molecule has 0 radical (unpaired) electrons. The van der Waals surface area contributed by atoms with Gasteiger partial charge in [-0.3, -0.25) is 19.8 Å². The first-order valence-corrected chi connectivity index (χ1v) is 9.00. The number of hydrogen-bond acceptors (Lipinski definition) is 4. The van der Waals surface area contributed by atoms with E-state index in [0.717, 1.165) is 43.9 Å². The number of fused-ring (bicyclic) bond motifs is 1. The van der Waals surface area contributed by atoms with Crippen LogP contribution >= 0.6 is 0 Å². The van der Waals surface area contributed by atoms with Gasteiger partial charge in [0.25, 0.3) is 0 Å². The summed E-state index contributed by atoms with van der Waals surface area (Å²) in [5.41, 5.74) is 3.54. The van der Waals surface area contributed by atoms with Crippen LogP contribution in [0.15, 0.2) is 60.9 Å². The van der Waals surface area contributed by atoms with Crippen molar-refractivity contribution >= 4 is 10.9 Å².